The Kier molecular flexibility index (Phi) is 17.1. The van der Waals surface area contributed by atoms with Crippen LogP contribution in [-0.4, -0.2) is 45.9 Å². The normalized spacial score (nSPS) is 19.0. The average molecular weight is 618 g/mol. The van der Waals surface area contributed by atoms with E-state index in [0.717, 1.165) is 67.0 Å². The van der Waals surface area contributed by atoms with Gasteiger partial charge in [-0.3, -0.25) is 10.1 Å². The molecular weight excluding hydrogens is 568 g/mol. The van der Waals surface area contributed by atoms with Crippen molar-refractivity contribution in [3.63, 3.8) is 0 Å². The summed E-state index contributed by atoms with van der Waals surface area (Å²) in [5.74, 6) is 0.917. The van der Waals surface area contributed by atoms with Gasteiger partial charge < -0.3 is 19.1 Å². The molecule has 1 saturated carbocycles. The highest BCUT2D eigenvalue weighted by atomic mass is 79.9. The highest BCUT2D eigenvalue weighted by molar-refractivity contribution is 9.09. The average Bonchev–Trinajstić information content (AvgIpc) is 3.26. The molecule has 2 aromatic rings. The van der Waals surface area contributed by atoms with E-state index < -0.39 is 0 Å². The van der Waals surface area contributed by atoms with E-state index in [9.17, 15) is 9.59 Å². The van der Waals surface area contributed by atoms with Gasteiger partial charge in [-0.25, -0.2) is 4.98 Å². The molecule has 4 rings (SSSR count). The Morgan fingerprint density at radius 1 is 1.15 bits per heavy atom. The van der Waals surface area contributed by atoms with Crippen LogP contribution in [0.25, 0.3) is 11.0 Å². The van der Waals surface area contributed by atoms with Crippen LogP contribution in [0.3, 0.4) is 0 Å². The Labute approximate surface area is 249 Å². The van der Waals surface area contributed by atoms with Gasteiger partial charge >= 0.3 is 0 Å². The molecular formula is C32H49BrN4O3. The number of alkyl halides is 1. The van der Waals surface area contributed by atoms with Gasteiger partial charge in [-0.1, -0.05) is 67.3 Å². The zero-order chi connectivity index (χ0) is 30.1. The molecule has 222 valence electrons. The third-order valence-corrected chi connectivity index (χ3v) is 7.70. The molecule has 2 aliphatic carbocycles. The number of anilines is 2. The molecule has 0 bridgehead atoms. The zero-order valence-electron chi connectivity index (χ0n) is 25.5. The molecule has 1 aromatic heterocycles. The number of aromatic nitrogens is 2. The van der Waals surface area contributed by atoms with E-state index in [1.165, 1.54) is 26.2 Å². The number of nitrogens with one attached hydrogen (secondary N) is 1. The van der Waals surface area contributed by atoms with E-state index in [2.05, 4.69) is 82.4 Å². The van der Waals surface area contributed by atoms with Crippen molar-refractivity contribution >= 4 is 57.1 Å². The van der Waals surface area contributed by atoms with Crippen molar-refractivity contribution in [3.8, 4) is 0 Å². The van der Waals surface area contributed by atoms with Crippen molar-refractivity contribution in [2.45, 2.75) is 96.9 Å². The standard InChI is InChI=1S/C21H27BrN4O.C7H12O.C2H4O.C2H6/c1-14(2)25(3)17-11-12-19-18(13-17)23-21(26(19)4)24-20(27)15-7-5-6-8-16(22)10-9-15;8-6-7-4-2-1-3-5-7;1-2-3;1-2/h6-8,11-14,16H,5,9-10H2,1-4H3,(H,23,24,27);6-7H,1-5H2;2H,1H3;1-2H3/b8-6-,15-7+;;;. The van der Waals surface area contributed by atoms with Crippen LogP contribution in [0, 0.1) is 5.92 Å². The summed E-state index contributed by atoms with van der Waals surface area (Å²) in [5.41, 5.74) is 3.82. The van der Waals surface area contributed by atoms with Gasteiger partial charge in [0.25, 0.3) is 5.91 Å². The van der Waals surface area contributed by atoms with Crippen LogP contribution in [0.4, 0.5) is 11.6 Å². The molecule has 7 nitrogen and oxygen atoms in total. The molecule has 1 heterocycles. The first-order chi connectivity index (χ1) is 19.2. The lowest BCUT2D eigenvalue weighted by molar-refractivity contribution is -0.113. The number of allylic oxidation sites excluding steroid dienone is 3. The SMILES string of the molecule is CC.CC(C)N(C)c1ccc2c(c1)nc(NC(=O)/C1=C/C/C=C\C(Br)CC1)n2C.CC=O.O=CC1CCCCC1. The summed E-state index contributed by atoms with van der Waals surface area (Å²) in [6.07, 6.45) is 16.7. The van der Waals surface area contributed by atoms with E-state index >= 15 is 0 Å². The van der Waals surface area contributed by atoms with Gasteiger partial charge in [0.15, 0.2) is 0 Å². The number of aldehydes is 2. The fraction of sp³-hybridized carbons (Fsp3) is 0.562. The molecule has 2 aliphatic rings. The van der Waals surface area contributed by atoms with Crippen LogP contribution in [0.5, 0.6) is 0 Å². The molecule has 1 N–H and O–H groups in total. The van der Waals surface area contributed by atoms with Gasteiger partial charge in [-0.2, -0.15) is 0 Å². The zero-order valence-corrected chi connectivity index (χ0v) is 27.0. The van der Waals surface area contributed by atoms with E-state index in [1.54, 1.807) is 0 Å². The highest BCUT2D eigenvalue weighted by Crippen LogP contribution is 2.26. The Balaban J connectivity index is 0.000000512. The summed E-state index contributed by atoms with van der Waals surface area (Å²) >= 11 is 3.61. The lowest BCUT2D eigenvalue weighted by atomic mass is 9.91. The molecule has 1 aromatic carbocycles. The Bertz CT molecular complexity index is 1120. The summed E-state index contributed by atoms with van der Waals surface area (Å²) < 4.78 is 1.93. The third-order valence-electron chi connectivity index (χ3n) is 6.94. The van der Waals surface area contributed by atoms with Gasteiger partial charge in [-0.15, -0.1) is 0 Å². The van der Waals surface area contributed by atoms with Crippen LogP contribution in [-0.2, 0) is 21.4 Å². The first kappa shape index (κ1) is 35.3. The molecule has 0 saturated heterocycles. The van der Waals surface area contributed by atoms with E-state index in [4.69, 9.17) is 4.79 Å². The summed E-state index contributed by atoms with van der Waals surface area (Å²) in [4.78, 5) is 38.9. The van der Waals surface area contributed by atoms with E-state index in [0.29, 0.717) is 22.7 Å². The third kappa shape index (κ3) is 11.4. The minimum Gasteiger partial charge on any atom is -0.372 e. The number of halogens is 1. The predicted octanol–water partition coefficient (Wildman–Crippen LogP) is 7.78. The van der Waals surface area contributed by atoms with Gasteiger partial charge in [0.2, 0.25) is 5.95 Å². The number of rotatable bonds is 5. The van der Waals surface area contributed by atoms with Crippen LogP contribution in [0.1, 0.15) is 86.0 Å². The van der Waals surface area contributed by atoms with Crippen LogP contribution >= 0.6 is 15.9 Å². The number of benzene rings is 1. The molecule has 40 heavy (non-hydrogen) atoms. The first-order valence-electron chi connectivity index (χ1n) is 14.6. The largest absolute Gasteiger partial charge is 0.372 e. The molecule has 0 spiro atoms. The number of carbonyl (C=O) groups excluding carboxylic acids is 3. The van der Waals surface area contributed by atoms with Crippen molar-refractivity contribution in [2.75, 3.05) is 17.3 Å². The minimum absolute atomic E-state index is 0.0667. The minimum atomic E-state index is -0.0667. The number of nitrogens with zero attached hydrogens (tertiary/aromatic N) is 3. The van der Waals surface area contributed by atoms with Gasteiger partial charge in [-0.05, 0) is 71.1 Å². The molecule has 8 heteroatoms. The number of aryl methyl sites for hydroxylation is 1. The van der Waals surface area contributed by atoms with E-state index in [-0.39, 0.29) is 5.91 Å². The molecule has 1 fully saturated rings. The molecule has 1 amide bonds. The molecule has 0 radical (unpaired) electrons. The fourth-order valence-electron chi connectivity index (χ4n) is 4.40. The Hall–Kier alpha value is -2.74. The Morgan fingerprint density at radius 2 is 1.80 bits per heavy atom. The van der Waals surface area contributed by atoms with Gasteiger partial charge in [0.1, 0.15) is 12.6 Å². The second-order valence-electron chi connectivity index (χ2n) is 10.0. The van der Waals surface area contributed by atoms with Crippen molar-refractivity contribution in [1.82, 2.24) is 9.55 Å². The van der Waals surface area contributed by atoms with Crippen molar-refractivity contribution in [3.05, 3.63) is 42.0 Å². The maximum Gasteiger partial charge on any atom is 0.253 e. The molecule has 0 aliphatic heterocycles. The van der Waals surface area contributed by atoms with Crippen molar-refractivity contribution in [1.29, 1.82) is 0 Å². The number of amides is 1. The summed E-state index contributed by atoms with van der Waals surface area (Å²) in [5, 5.41) is 3.00. The van der Waals surface area contributed by atoms with Crippen molar-refractivity contribution < 1.29 is 14.4 Å². The summed E-state index contributed by atoms with van der Waals surface area (Å²) in [6, 6.07) is 6.63. The van der Waals surface area contributed by atoms with Crippen LogP contribution in [0.15, 0.2) is 42.0 Å². The number of hydrogen-bond acceptors (Lipinski definition) is 5. The van der Waals surface area contributed by atoms with Crippen LogP contribution < -0.4 is 10.2 Å². The van der Waals surface area contributed by atoms with Crippen molar-refractivity contribution in [2.24, 2.45) is 13.0 Å². The second-order valence-corrected chi connectivity index (χ2v) is 11.2. The highest BCUT2D eigenvalue weighted by Gasteiger charge is 2.17. The number of imidazole rings is 1. The number of hydrogen-bond donors (Lipinski definition) is 1. The number of fused-ring (bicyclic) bond motifs is 1. The summed E-state index contributed by atoms with van der Waals surface area (Å²) in [7, 11) is 4.00. The monoisotopic (exact) mass is 616 g/mol. The first-order valence-corrected chi connectivity index (χ1v) is 15.5. The quantitative estimate of drug-likeness (QED) is 0.210. The van der Waals surface area contributed by atoms with E-state index in [1.807, 2.05) is 31.5 Å². The lowest BCUT2D eigenvalue weighted by Gasteiger charge is -2.23. The maximum absolute atomic E-state index is 12.8. The predicted molar refractivity (Wildman–Crippen MR) is 172 cm³/mol. The van der Waals surface area contributed by atoms with Gasteiger partial charge in [0, 0.05) is 42.1 Å². The molecule has 1 atom stereocenters. The summed E-state index contributed by atoms with van der Waals surface area (Å²) in [6.45, 7) is 9.76. The lowest BCUT2D eigenvalue weighted by Crippen LogP contribution is -2.25. The maximum atomic E-state index is 12.8. The second kappa shape index (κ2) is 19.4. The fourth-order valence-corrected chi connectivity index (χ4v) is 4.85. The molecule has 1 unspecified atom stereocenters. The number of carbonyl (C=O) groups is 3. The Morgan fingerprint density at radius 3 is 2.38 bits per heavy atom. The topological polar surface area (TPSA) is 84.3 Å². The van der Waals surface area contributed by atoms with Gasteiger partial charge in [0.05, 0.1) is 11.0 Å². The van der Waals surface area contributed by atoms with Crippen LogP contribution in [0.2, 0.25) is 0 Å². The smallest absolute Gasteiger partial charge is 0.253 e.